The molecule has 1 atom stereocenters. The maximum atomic E-state index is 12.7. The van der Waals surface area contributed by atoms with Crippen molar-refractivity contribution in [3.05, 3.63) is 48.6 Å². The first-order valence-electron chi connectivity index (χ1n) is 24.6. The van der Waals surface area contributed by atoms with Gasteiger partial charge in [0.05, 0.1) is 0 Å². The van der Waals surface area contributed by atoms with Crippen molar-refractivity contribution in [2.45, 2.75) is 252 Å². The molecule has 0 rings (SSSR count). The molecular weight excluding hydrogens is 721 g/mol. The van der Waals surface area contributed by atoms with E-state index in [0.717, 1.165) is 83.5 Å². The second-order valence-electron chi connectivity index (χ2n) is 16.4. The number of ether oxygens (including phenoxy) is 3. The molecule has 0 spiro atoms. The van der Waals surface area contributed by atoms with E-state index in [1.54, 1.807) is 0 Å². The Kier molecular flexibility index (Phi) is 44.9. The molecule has 0 saturated heterocycles. The average Bonchev–Trinajstić information content (AvgIpc) is 3.22. The predicted molar refractivity (Wildman–Crippen MR) is 247 cm³/mol. The van der Waals surface area contributed by atoms with Crippen molar-refractivity contribution in [2.24, 2.45) is 0 Å². The first-order chi connectivity index (χ1) is 28.5. The molecule has 0 saturated carbocycles. The Morgan fingerprint density at radius 2 is 0.672 bits per heavy atom. The zero-order valence-electron chi connectivity index (χ0n) is 38.3. The summed E-state index contributed by atoms with van der Waals surface area (Å²) < 4.78 is 16.7. The minimum Gasteiger partial charge on any atom is -0.462 e. The molecule has 0 aromatic heterocycles. The van der Waals surface area contributed by atoms with Crippen molar-refractivity contribution in [2.75, 3.05) is 13.2 Å². The van der Waals surface area contributed by atoms with Crippen molar-refractivity contribution in [3.8, 4) is 0 Å². The van der Waals surface area contributed by atoms with Gasteiger partial charge in [-0.05, 0) is 57.8 Å². The summed E-state index contributed by atoms with van der Waals surface area (Å²) in [6.07, 6.45) is 55.4. The van der Waals surface area contributed by atoms with Gasteiger partial charge in [-0.2, -0.15) is 0 Å². The van der Waals surface area contributed by atoms with Gasteiger partial charge in [-0.15, -0.1) is 0 Å². The van der Waals surface area contributed by atoms with Gasteiger partial charge in [0, 0.05) is 19.3 Å². The largest absolute Gasteiger partial charge is 0.462 e. The number of hydrogen-bond acceptors (Lipinski definition) is 6. The van der Waals surface area contributed by atoms with Crippen molar-refractivity contribution in [3.63, 3.8) is 0 Å². The molecule has 0 aromatic carbocycles. The van der Waals surface area contributed by atoms with Crippen molar-refractivity contribution in [1.82, 2.24) is 0 Å². The highest BCUT2D eigenvalue weighted by molar-refractivity contribution is 5.71. The first-order valence-corrected chi connectivity index (χ1v) is 24.6. The van der Waals surface area contributed by atoms with Gasteiger partial charge in [-0.3, -0.25) is 14.4 Å². The molecule has 58 heavy (non-hydrogen) atoms. The van der Waals surface area contributed by atoms with Gasteiger partial charge in [0.1, 0.15) is 13.2 Å². The lowest BCUT2D eigenvalue weighted by Crippen LogP contribution is -2.30. The van der Waals surface area contributed by atoms with Crippen LogP contribution in [0, 0.1) is 0 Å². The number of carbonyl (C=O) groups is 3. The Hall–Kier alpha value is -2.63. The summed E-state index contributed by atoms with van der Waals surface area (Å²) in [6, 6.07) is 0. The standard InChI is InChI=1S/C52H92O6/c1-4-7-10-13-16-18-20-21-22-23-24-25-26-27-28-29-30-31-32-34-36-39-42-45-51(54)57-48-49(47-56-50(53)44-41-38-35-15-12-9-6-3)58-52(55)46-43-40-37-33-19-17-14-11-8-5-2/h7,10,16,18,21-22,24-25,49H,4-6,8-9,11-15,17,19-20,23,26-48H2,1-3H3/b10-7-,18-16-,22-21-,25-24-. The van der Waals surface area contributed by atoms with Crippen molar-refractivity contribution >= 4 is 17.9 Å². The number of hydrogen-bond donors (Lipinski definition) is 0. The topological polar surface area (TPSA) is 78.9 Å². The van der Waals surface area contributed by atoms with Crippen LogP contribution >= 0.6 is 0 Å². The fraction of sp³-hybridized carbons (Fsp3) is 0.788. The summed E-state index contributed by atoms with van der Waals surface area (Å²) in [7, 11) is 0. The number of carbonyl (C=O) groups excluding carboxylic acids is 3. The molecule has 0 aliphatic carbocycles. The van der Waals surface area contributed by atoms with Gasteiger partial charge >= 0.3 is 17.9 Å². The highest BCUT2D eigenvalue weighted by Gasteiger charge is 2.19. The van der Waals surface area contributed by atoms with Gasteiger partial charge in [-0.25, -0.2) is 0 Å². The highest BCUT2D eigenvalue weighted by atomic mass is 16.6. The molecule has 0 N–H and O–H groups in total. The molecule has 0 aliphatic heterocycles. The third-order valence-corrected chi connectivity index (χ3v) is 10.6. The van der Waals surface area contributed by atoms with Gasteiger partial charge in [0.25, 0.3) is 0 Å². The van der Waals surface area contributed by atoms with E-state index in [4.69, 9.17) is 14.2 Å². The smallest absolute Gasteiger partial charge is 0.306 e. The second kappa shape index (κ2) is 47.1. The van der Waals surface area contributed by atoms with Crippen LogP contribution < -0.4 is 0 Å². The Balaban J connectivity index is 4.14. The fourth-order valence-corrected chi connectivity index (χ4v) is 6.90. The van der Waals surface area contributed by atoms with E-state index < -0.39 is 6.10 Å². The molecule has 0 heterocycles. The number of esters is 3. The van der Waals surface area contributed by atoms with Gasteiger partial charge < -0.3 is 14.2 Å². The summed E-state index contributed by atoms with van der Waals surface area (Å²) in [5, 5.41) is 0. The van der Waals surface area contributed by atoms with Crippen LogP contribution in [0.15, 0.2) is 48.6 Å². The molecule has 0 fully saturated rings. The van der Waals surface area contributed by atoms with Crippen molar-refractivity contribution < 1.29 is 28.6 Å². The maximum absolute atomic E-state index is 12.7. The van der Waals surface area contributed by atoms with Crippen LogP contribution in [0.1, 0.15) is 245 Å². The Morgan fingerprint density at radius 1 is 0.362 bits per heavy atom. The Morgan fingerprint density at radius 3 is 1.05 bits per heavy atom. The van der Waals surface area contributed by atoms with E-state index in [2.05, 4.69) is 69.4 Å². The minimum atomic E-state index is -0.766. The normalized spacial score (nSPS) is 12.4. The van der Waals surface area contributed by atoms with Gasteiger partial charge in [-0.1, -0.05) is 217 Å². The van der Waals surface area contributed by atoms with E-state index in [1.165, 1.54) is 122 Å². The average molecular weight is 813 g/mol. The molecule has 0 aliphatic rings. The van der Waals surface area contributed by atoms with E-state index in [9.17, 15) is 14.4 Å². The van der Waals surface area contributed by atoms with E-state index >= 15 is 0 Å². The van der Waals surface area contributed by atoms with Crippen LogP contribution in [0.3, 0.4) is 0 Å². The second-order valence-corrected chi connectivity index (χ2v) is 16.4. The summed E-state index contributed by atoms with van der Waals surface area (Å²) in [4.78, 5) is 37.6. The van der Waals surface area contributed by atoms with E-state index in [1.807, 2.05) is 0 Å². The lowest BCUT2D eigenvalue weighted by atomic mass is 10.1. The maximum Gasteiger partial charge on any atom is 0.306 e. The first kappa shape index (κ1) is 55.4. The zero-order valence-corrected chi connectivity index (χ0v) is 38.3. The molecule has 0 amide bonds. The summed E-state index contributed by atoms with van der Waals surface area (Å²) >= 11 is 0. The molecule has 1 unspecified atom stereocenters. The predicted octanol–water partition coefficient (Wildman–Crippen LogP) is 15.9. The molecule has 0 radical (unpaired) electrons. The van der Waals surface area contributed by atoms with Crippen LogP contribution in [-0.4, -0.2) is 37.2 Å². The quantitative estimate of drug-likeness (QED) is 0.0264. The molecular formula is C52H92O6. The molecule has 336 valence electrons. The molecule has 6 nitrogen and oxygen atoms in total. The highest BCUT2D eigenvalue weighted by Crippen LogP contribution is 2.15. The molecule has 0 aromatic rings. The minimum absolute atomic E-state index is 0.0718. The van der Waals surface area contributed by atoms with Crippen LogP contribution in [0.4, 0.5) is 0 Å². The molecule has 6 heteroatoms. The third kappa shape index (κ3) is 44.5. The van der Waals surface area contributed by atoms with Gasteiger partial charge in [0.2, 0.25) is 0 Å². The number of allylic oxidation sites excluding steroid dienone is 8. The summed E-state index contributed by atoms with van der Waals surface area (Å²) in [6.45, 7) is 6.47. The molecule has 0 bridgehead atoms. The van der Waals surface area contributed by atoms with E-state index in [0.29, 0.717) is 19.3 Å². The number of unbranched alkanes of at least 4 members (excludes halogenated alkanes) is 25. The number of rotatable bonds is 44. The monoisotopic (exact) mass is 813 g/mol. The zero-order chi connectivity index (χ0) is 42.3. The SMILES string of the molecule is CC/C=C\C/C=C\C/C=C\C/C=C\CCCCCCCCCCCCC(=O)OCC(COC(=O)CCCCCCCCC)OC(=O)CCCCCCCCCCCC. The Bertz CT molecular complexity index is 1030. The third-order valence-electron chi connectivity index (χ3n) is 10.6. The van der Waals surface area contributed by atoms with Crippen LogP contribution in [0.25, 0.3) is 0 Å². The van der Waals surface area contributed by atoms with Crippen LogP contribution in [0.5, 0.6) is 0 Å². The van der Waals surface area contributed by atoms with Crippen molar-refractivity contribution in [1.29, 1.82) is 0 Å². The van der Waals surface area contributed by atoms with Crippen LogP contribution in [-0.2, 0) is 28.6 Å². The summed E-state index contributed by atoms with van der Waals surface area (Å²) in [5.74, 6) is -0.880. The Labute approximate surface area is 358 Å². The lowest BCUT2D eigenvalue weighted by molar-refractivity contribution is -0.167. The van der Waals surface area contributed by atoms with Gasteiger partial charge in [0.15, 0.2) is 6.10 Å². The lowest BCUT2D eigenvalue weighted by Gasteiger charge is -2.18. The summed E-state index contributed by atoms with van der Waals surface area (Å²) in [5.41, 5.74) is 0. The van der Waals surface area contributed by atoms with Crippen LogP contribution in [0.2, 0.25) is 0 Å². The van der Waals surface area contributed by atoms with E-state index in [-0.39, 0.29) is 31.1 Å². The fourth-order valence-electron chi connectivity index (χ4n) is 6.90.